The molecule has 0 radical (unpaired) electrons. The molecule has 0 aliphatic carbocycles. The van der Waals surface area contributed by atoms with Crippen LogP contribution in [0.2, 0.25) is 0 Å². The van der Waals surface area contributed by atoms with Crippen molar-refractivity contribution in [3.8, 4) is 0 Å². The van der Waals surface area contributed by atoms with E-state index in [1.807, 2.05) is 6.07 Å². The highest BCUT2D eigenvalue weighted by Gasteiger charge is 2.01. The lowest BCUT2D eigenvalue weighted by atomic mass is 10.1. The summed E-state index contributed by atoms with van der Waals surface area (Å²) in [5.41, 5.74) is 1.42. The summed E-state index contributed by atoms with van der Waals surface area (Å²) in [6.45, 7) is 1.74. The standard InChI is InChI=1S/C12H12N2O2/c1-8-13-11-5-4-9(3-2-6-15)7-10(11)12(16)14-8/h2-5,7,15H,6H2,1H3,(H,13,14,16). The van der Waals surface area contributed by atoms with Gasteiger partial charge in [0.1, 0.15) is 5.82 Å². The molecule has 0 aliphatic rings. The molecule has 4 nitrogen and oxygen atoms in total. The van der Waals surface area contributed by atoms with Crippen LogP contribution in [0, 0.1) is 6.92 Å². The predicted molar refractivity (Wildman–Crippen MR) is 63.2 cm³/mol. The van der Waals surface area contributed by atoms with Gasteiger partial charge in [0.2, 0.25) is 0 Å². The van der Waals surface area contributed by atoms with Gasteiger partial charge >= 0.3 is 0 Å². The Balaban J connectivity index is 2.62. The minimum atomic E-state index is -0.137. The number of aromatic amines is 1. The average molecular weight is 216 g/mol. The molecule has 1 heterocycles. The molecule has 0 saturated heterocycles. The van der Waals surface area contributed by atoms with Gasteiger partial charge in [0.25, 0.3) is 5.56 Å². The monoisotopic (exact) mass is 216 g/mol. The molecule has 0 saturated carbocycles. The Morgan fingerprint density at radius 3 is 3.06 bits per heavy atom. The summed E-state index contributed by atoms with van der Waals surface area (Å²) in [6, 6.07) is 5.42. The van der Waals surface area contributed by atoms with E-state index in [0.29, 0.717) is 16.7 Å². The van der Waals surface area contributed by atoms with Gasteiger partial charge in [-0.2, -0.15) is 0 Å². The molecule has 0 bridgehead atoms. The van der Waals surface area contributed by atoms with Crippen LogP contribution in [0.3, 0.4) is 0 Å². The van der Waals surface area contributed by atoms with Crippen molar-refractivity contribution in [2.24, 2.45) is 0 Å². The van der Waals surface area contributed by atoms with Gasteiger partial charge in [-0.25, -0.2) is 4.98 Å². The number of hydrogen-bond donors (Lipinski definition) is 2. The summed E-state index contributed by atoms with van der Waals surface area (Å²) < 4.78 is 0. The Morgan fingerprint density at radius 1 is 1.50 bits per heavy atom. The summed E-state index contributed by atoms with van der Waals surface area (Å²) >= 11 is 0. The van der Waals surface area contributed by atoms with Crippen LogP contribution in [0.15, 0.2) is 29.1 Å². The second-order valence-corrected chi connectivity index (χ2v) is 3.51. The number of rotatable bonds is 2. The second kappa shape index (κ2) is 4.28. The van der Waals surface area contributed by atoms with E-state index >= 15 is 0 Å². The van der Waals surface area contributed by atoms with Gasteiger partial charge in [0, 0.05) is 0 Å². The first-order valence-corrected chi connectivity index (χ1v) is 4.99. The van der Waals surface area contributed by atoms with Gasteiger partial charge < -0.3 is 10.1 Å². The fourth-order valence-electron chi connectivity index (χ4n) is 1.57. The van der Waals surface area contributed by atoms with E-state index < -0.39 is 0 Å². The number of aliphatic hydroxyl groups excluding tert-OH is 1. The molecule has 82 valence electrons. The fourth-order valence-corrected chi connectivity index (χ4v) is 1.57. The van der Waals surface area contributed by atoms with Crippen molar-refractivity contribution in [3.05, 3.63) is 46.0 Å². The van der Waals surface area contributed by atoms with Crippen LogP contribution in [0.1, 0.15) is 11.4 Å². The maximum absolute atomic E-state index is 11.7. The van der Waals surface area contributed by atoms with Crippen molar-refractivity contribution < 1.29 is 5.11 Å². The summed E-state index contributed by atoms with van der Waals surface area (Å²) in [6.07, 6.45) is 3.38. The average Bonchev–Trinajstić information content (AvgIpc) is 2.26. The summed E-state index contributed by atoms with van der Waals surface area (Å²) in [4.78, 5) is 18.5. The Hall–Kier alpha value is -1.94. The highest BCUT2D eigenvalue weighted by molar-refractivity contribution is 5.80. The fraction of sp³-hybridized carbons (Fsp3) is 0.167. The van der Waals surface area contributed by atoms with Crippen molar-refractivity contribution in [2.75, 3.05) is 6.61 Å². The molecule has 2 rings (SSSR count). The maximum Gasteiger partial charge on any atom is 0.258 e. The van der Waals surface area contributed by atoms with Crippen molar-refractivity contribution in [3.63, 3.8) is 0 Å². The molecular weight excluding hydrogens is 204 g/mol. The van der Waals surface area contributed by atoms with Gasteiger partial charge in [-0.1, -0.05) is 18.2 Å². The van der Waals surface area contributed by atoms with Crippen LogP contribution in [-0.2, 0) is 0 Å². The molecule has 1 aromatic heterocycles. The van der Waals surface area contributed by atoms with E-state index in [-0.39, 0.29) is 12.2 Å². The maximum atomic E-state index is 11.7. The number of aryl methyl sites for hydroxylation is 1. The molecule has 1 aromatic carbocycles. The van der Waals surface area contributed by atoms with Gasteiger partial charge in [0.05, 0.1) is 17.5 Å². The zero-order valence-electron chi connectivity index (χ0n) is 8.90. The van der Waals surface area contributed by atoms with Crippen molar-refractivity contribution in [1.82, 2.24) is 9.97 Å². The van der Waals surface area contributed by atoms with Crippen molar-refractivity contribution in [2.45, 2.75) is 6.92 Å². The molecule has 0 aliphatic heterocycles. The quantitative estimate of drug-likeness (QED) is 0.793. The number of nitrogens with one attached hydrogen (secondary N) is 1. The van der Waals surface area contributed by atoms with Gasteiger partial charge in [-0.3, -0.25) is 4.79 Å². The molecule has 0 spiro atoms. The molecule has 0 unspecified atom stereocenters. The van der Waals surface area contributed by atoms with Crippen molar-refractivity contribution in [1.29, 1.82) is 0 Å². The number of fused-ring (bicyclic) bond motifs is 1. The third kappa shape index (κ3) is 2.01. The Labute approximate surface area is 92.3 Å². The third-order valence-electron chi connectivity index (χ3n) is 2.26. The minimum Gasteiger partial charge on any atom is -0.392 e. The Morgan fingerprint density at radius 2 is 2.31 bits per heavy atom. The van der Waals surface area contributed by atoms with Crippen LogP contribution in [-0.4, -0.2) is 21.7 Å². The summed E-state index contributed by atoms with van der Waals surface area (Å²) in [5, 5.41) is 9.23. The number of benzene rings is 1. The number of nitrogens with zero attached hydrogens (tertiary/aromatic N) is 1. The van der Waals surface area contributed by atoms with Crippen LogP contribution in [0.4, 0.5) is 0 Å². The van der Waals surface area contributed by atoms with E-state index in [2.05, 4.69) is 9.97 Å². The predicted octanol–water partition coefficient (Wildman–Crippen LogP) is 1.24. The molecule has 2 N–H and O–H groups in total. The normalized spacial score (nSPS) is 11.4. The van der Waals surface area contributed by atoms with Crippen molar-refractivity contribution >= 4 is 17.0 Å². The van der Waals surface area contributed by atoms with Gasteiger partial charge in [-0.05, 0) is 24.6 Å². The zero-order chi connectivity index (χ0) is 11.5. The van der Waals surface area contributed by atoms with E-state index in [0.717, 1.165) is 5.56 Å². The van der Waals surface area contributed by atoms with E-state index in [1.54, 1.807) is 31.2 Å². The number of hydrogen-bond acceptors (Lipinski definition) is 3. The second-order valence-electron chi connectivity index (χ2n) is 3.51. The van der Waals surface area contributed by atoms with Gasteiger partial charge in [0.15, 0.2) is 0 Å². The number of H-pyrrole nitrogens is 1. The SMILES string of the molecule is Cc1nc2ccc(C=CCO)cc2c(=O)[nH]1. The van der Waals surface area contributed by atoms with Crippen LogP contribution in [0.5, 0.6) is 0 Å². The molecule has 0 amide bonds. The lowest BCUT2D eigenvalue weighted by molar-refractivity contribution is 0.343. The Bertz CT molecular complexity index is 599. The molecular formula is C12H12N2O2. The van der Waals surface area contributed by atoms with Crippen LogP contribution >= 0.6 is 0 Å². The highest BCUT2D eigenvalue weighted by Crippen LogP contribution is 2.11. The van der Waals surface area contributed by atoms with Gasteiger partial charge in [-0.15, -0.1) is 0 Å². The first-order chi connectivity index (χ1) is 7.70. The van der Waals surface area contributed by atoms with E-state index in [4.69, 9.17) is 5.11 Å². The minimum absolute atomic E-state index is 0.0134. The zero-order valence-corrected chi connectivity index (χ0v) is 8.90. The van der Waals surface area contributed by atoms with Crippen LogP contribution in [0.25, 0.3) is 17.0 Å². The first-order valence-electron chi connectivity index (χ1n) is 4.99. The highest BCUT2D eigenvalue weighted by atomic mass is 16.2. The number of aromatic nitrogens is 2. The largest absolute Gasteiger partial charge is 0.392 e. The lowest BCUT2D eigenvalue weighted by Crippen LogP contribution is -2.09. The van der Waals surface area contributed by atoms with E-state index in [1.165, 1.54) is 0 Å². The lowest BCUT2D eigenvalue weighted by Gasteiger charge is -1.99. The molecule has 0 fully saturated rings. The summed E-state index contributed by atoms with van der Waals surface area (Å²) in [7, 11) is 0. The smallest absolute Gasteiger partial charge is 0.258 e. The molecule has 0 atom stereocenters. The summed E-state index contributed by atoms with van der Waals surface area (Å²) in [5.74, 6) is 0.608. The first kappa shape index (κ1) is 10.6. The third-order valence-corrected chi connectivity index (χ3v) is 2.26. The molecule has 4 heteroatoms. The Kier molecular flexibility index (Phi) is 2.83. The topological polar surface area (TPSA) is 66.0 Å². The van der Waals surface area contributed by atoms with Crippen LogP contribution < -0.4 is 5.56 Å². The van der Waals surface area contributed by atoms with E-state index in [9.17, 15) is 4.79 Å². The molecule has 16 heavy (non-hydrogen) atoms. The number of aliphatic hydroxyl groups is 1. The molecule has 2 aromatic rings.